The fourth-order valence-electron chi connectivity index (χ4n) is 4.41. The van der Waals surface area contributed by atoms with E-state index in [0.717, 1.165) is 39.7 Å². The molecule has 1 atom stereocenters. The third-order valence-electron chi connectivity index (χ3n) is 5.87. The van der Waals surface area contributed by atoms with Gasteiger partial charge in [0.25, 0.3) is 5.56 Å². The van der Waals surface area contributed by atoms with E-state index in [0.29, 0.717) is 12.2 Å². The number of aromatic hydroxyl groups is 1. The third kappa shape index (κ3) is 2.70. The molecule has 0 unspecified atom stereocenters. The first-order valence-electron chi connectivity index (χ1n) is 9.94. The Morgan fingerprint density at radius 2 is 1.87 bits per heavy atom. The normalized spacial score (nSPS) is 16.0. The molecule has 0 saturated carbocycles. The number of fused-ring (bicyclic) bond motifs is 3. The maximum Gasteiger partial charge on any atom is 0.335 e. The molecule has 152 valence electrons. The molecule has 7 nitrogen and oxygen atoms in total. The van der Waals surface area contributed by atoms with E-state index in [2.05, 4.69) is 15.3 Å². The molecule has 0 aliphatic carbocycles. The highest BCUT2D eigenvalue weighted by molar-refractivity contribution is 5.85. The number of rotatable bonds is 2. The molecule has 0 spiro atoms. The van der Waals surface area contributed by atoms with Crippen molar-refractivity contribution in [3.63, 3.8) is 0 Å². The van der Waals surface area contributed by atoms with Gasteiger partial charge in [0, 0.05) is 23.1 Å². The Balaban J connectivity index is 1.77. The molecule has 2 aromatic heterocycles. The molecule has 0 radical (unpaired) electrons. The van der Waals surface area contributed by atoms with E-state index in [9.17, 15) is 14.7 Å². The number of hydrogen-bond donors (Lipinski definition) is 4. The van der Waals surface area contributed by atoms with Gasteiger partial charge in [-0.25, -0.2) is 9.36 Å². The van der Waals surface area contributed by atoms with Crippen molar-refractivity contribution in [3.8, 4) is 11.6 Å². The molecule has 3 heterocycles. The first kappa shape index (κ1) is 18.4. The minimum Gasteiger partial charge on any atom is -0.494 e. The number of aryl methyl sites for hydroxylation is 2. The molecule has 5 rings (SSSR count). The van der Waals surface area contributed by atoms with Gasteiger partial charge in [-0.3, -0.25) is 9.78 Å². The van der Waals surface area contributed by atoms with Gasteiger partial charge < -0.3 is 15.4 Å². The molecule has 4 aromatic rings. The van der Waals surface area contributed by atoms with E-state index in [-0.39, 0.29) is 11.4 Å². The summed E-state index contributed by atoms with van der Waals surface area (Å²) in [5, 5.41) is 15.6. The molecular weight excluding hydrogens is 380 g/mol. The van der Waals surface area contributed by atoms with Crippen LogP contribution in [-0.4, -0.2) is 26.2 Å². The highest BCUT2D eigenvalue weighted by atomic mass is 16.3. The number of nitrogens with one attached hydrogen (secondary N) is 3. The number of H-pyrrole nitrogens is 2. The second kappa shape index (κ2) is 6.74. The van der Waals surface area contributed by atoms with Crippen LogP contribution in [0.1, 0.15) is 34.0 Å². The van der Waals surface area contributed by atoms with Gasteiger partial charge in [-0.15, -0.1) is 0 Å². The van der Waals surface area contributed by atoms with E-state index in [1.165, 1.54) is 4.57 Å². The van der Waals surface area contributed by atoms with Gasteiger partial charge in [0.05, 0.1) is 11.7 Å². The lowest BCUT2D eigenvalue weighted by molar-refractivity contribution is 0.409. The van der Waals surface area contributed by atoms with Crippen molar-refractivity contribution in [1.82, 2.24) is 19.9 Å². The zero-order valence-electron chi connectivity index (χ0n) is 16.7. The summed E-state index contributed by atoms with van der Waals surface area (Å²) in [5.74, 6) is -0.346. The van der Waals surface area contributed by atoms with Gasteiger partial charge in [0.1, 0.15) is 5.56 Å². The summed E-state index contributed by atoms with van der Waals surface area (Å²) in [6, 6.07) is 13.1. The molecule has 1 aliphatic rings. The molecular formula is C23H22N4O3. The summed E-state index contributed by atoms with van der Waals surface area (Å²) in [6.45, 7) is 4.43. The summed E-state index contributed by atoms with van der Waals surface area (Å²) in [5.41, 5.74) is 4.13. The van der Waals surface area contributed by atoms with Crippen LogP contribution in [-0.2, 0) is 6.42 Å². The quantitative estimate of drug-likeness (QED) is 0.414. The lowest BCUT2D eigenvalue weighted by Gasteiger charge is -2.25. The number of aromatic amines is 2. The molecule has 0 fully saturated rings. The Hall–Kier alpha value is -3.58. The number of hydrogen-bond acceptors (Lipinski definition) is 4. The molecule has 30 heavy (non-hydrogen) atoms. The zero-order valence-corrected chi connectivity index (χ0v) is 16.7. The second-order valence-electron chi connectivity index (χ2n) is 7.82. The predicted molar refractivity (Wildman–Crippen MR) is 116 cm³/mol. The number of aromatic nitrogens is 3. The number of nitrogens with zero attached hydrogens (tertiary/aromatic N) is 1. The lowest BCUT2D eigenvalue weighted by Crippen LogP contribution is -2.38. The van der Waals surface area contributed by atoms with Gasteiger partial charge in [-0.1, -0.05) is 30.3 Å². The van der Waals surface area contributed by atoms with E-state index in [1.807, 2.05) is 56.3 Å². The van der Waals surface area contributed by atoms with E-state index < -0.39 is 17.3 Å². The van der Waals surface area contributed by atoms with Crippen LogP contribution in [0.3, 0.4) is 0 Å². The lowest BCUT2D eigenvalue weighted by atomic mass is 9.95. The Bertz CT molecular complexity index is 1410. The number of para-hydroxylation sites is 1. The van der Waals surface area contributed by atoms with Gasteiger partial charge in [0.2, 0.25) is 5.88 Å². The number of benzene rings is 2. The summed E-state index contributed by atoms with van der Waals surface area (Å²) in [7, 11) is 0. The Kier molecular flexibility index (Phi) is 4.15. The van der Waals surface area contributed by atoms with Crippen LogP contribution in [0.15, 0.2) is 52.1 Å². The Labute approximate surface area is 172 Å². The summed E-state index contributed by atoms with van der Waals surface area (Å²) in [6.07, 6.45) is 0.811. The molecule has 7 heteroatoms. The van der Waals surface area contributed by atoms with Gasteiger partial charge in [0.15, 0.2) is 0 Å². The minimum absolute atomic E-state index is 0.128. The maximum absolute atomic E-state index is 12.8. The summed E-state index contributed by atoms with van der Waals surface area (Å²) < 4.78 is 1.18. The van der Waals surface area contributed by atoms with Crippen molar-refractivity contribution < 1.29 is 5.11 Å². The highest BCUT2D eigenvalue weighted by Gasteiger charge is 2.31. The van der Waals surface area contributed by atoms with Crippen molar-refractivity contribution in [3.05, 3.63) is 91.3 Å². The van der Waals surface area contributed by atoms with Crippen LogP contribution < -0.4 is 16.6 Å². The first-order chi connectivity index (χ1) is 14.5. The first-order valence-corrected chi connectivity index (χ1v) is 9.94. The second-order valence-corrected chi connectivity index (χ2v) is 7.82. The van der Waals surface area contributed by atoms with Gasteiger partial charge >= 0.3 is 5.69 Å². The predicted octanol–water partition coefficient (Wildman–Crippen LogP) is 2.56. The van der Waals surface area contributed by atoms with E-state index >= 15 is 0 Å². The zero-order chi connectivity index (χ0) is 21.0. The van der Waals surface area contributed by atoms with Gasteiger partial charge in [-0.05, 0) is 49.1 Å². The van der Waals surface area contributed by atoms with Crippen LogP contribution in [0.4, 0.5) is 0 Å². The topological polar surface area (TPSA) is 103 Å². The fraction of sp³-hybridized carbons (Fsp3) is 0.217. The van der Waals surface area contributed by atoms with Crippen molar-refractivity contribution >= 4 is 10.9 Å². The van der Waals surface area contributed by atoms with Crippen molar-refractivity contribution in [2.45, 2.75) is 26.3 Å². The van der Waals surface area contributed by atoms with Crippen molar-refractivity contribution in [2.24, 2.45) is 0 Å². The molecule has 0 saturated heterocycles. The highest BCUT2D eigenvalue weighted by Crippen LogP contribution is 2.35. The largest absolute Gasteiger partial charge is 0.494 e. The minimum atomic E-state index is -0.664. The van der Waals surface area contributed by atoms with Crippen LogP contribution in [0.25, 0.3) is 16.6 Å². The third-order valence-corrected chi connectivity index (χ3v) is 5.87. The van der Waals surface area contributed by atoms with Crippen LogP contribution in [0.2, 0.25) is 0 Å². The van der Waals surface area contributed by atoms with E-state index in [4.69, 9.17) is 0 Å². The molecule has 4 N–H and O–H groups in total. The SMILES string of the molecule is Cc1ccc(C)c(-n2c(O)c([C@@H]3NCCc4c3[nH]c3ccccc43)c(=O)[nH]c2=O)c1. The Morgan fingerprint density at radius 3 is 2.70 bits per heavy atom. The Morgan fingerprint density at radius 1 is 1.07 bits per heavy atom. The standard InChI is InChI=1S/C23H22N4O3/c1-12-7-8-13(2)17(11-12)27-22(29)18(21(28)26-23(27)30)20-19-15(9-10-24-20)14-5-3-4-6-16(14)25-19/h3-8,11,20,24-25,29H,9-10H2,1-2H3,(H,26,28,30)/t20-/m0/s1. The monoisotopic (exact) mass is 402 g/mol. The average Bonchev–Trinajstić information content (AvgIpc) is 3.10. The molecule has 0 bridgehead atoms. The van der Waals surface area contributed by atoms with Crippen LogP contribution in [0, 0.1) is 13.8 Å². The smallest absolute Gasteiger partial charge is 0.335 e. The summed E-state index contributed by atoms with van der Waals surface area (Å²) in [4.78, 5) is 31.3. The van der Waals surface area contributed by atoms with Crippen LogP contribution in [0.5, 0.6) is 5.88 Å². The van der Waals surface area contributed by atoms with Crippen molar-refractivity contribution in [1.29, 1.82) is 0 Å². The van der Waals surface area contributed by atoms with Crippen LogP contribution >= 0.6 is 0 Å². The fourth-order valence-corrected chi connectivity index (χ4v) is 4.41. The molecule has 2 aromatic carbocycles. The maximum atomic E-state index is 12.8. The molecule has 0 amide bonds. The molecule has 1 aliphatic heterocycles. The average molecular weight is 402 g/mol. The van der Waals surface area contributed by atoms with Gasteiger partial charge in [-0.2, -0.15) is 0 Å². The summed E-state index contributed by atoms with van der Waals surface area (Å²) >= 11 is 0. The van der Waals surface area contributed by atoms with E-state index in [1.54, 1.807) is 0 Å². The van der Waals surface area contributed by atoms with Crippen molar-refractivity contribution in [2.75, 3.05) is 6.54 Å².